The highest BCUT2D eigenvalue weighted by molar-refractivity contribution is 6.33. The number of hydrogen-bond donors (Lipinski definition) is 0. The molecule has 1 spiro atoms. The monoisotopic (exact) mass is 432 g/mol. The van der Waals surface area contributed by atoms with Crippen LogP contribution in [0, 0.1) is 0 Å². The first kappa shape index (κ1) is 20.3. The molecule has 10 heteroatoms. The van der Waals surface area contributed by atoms with E-state index in [1.807, 2.05) is 0 Å². The summed E-state index contributed by atoms with van der Waals surface area (Å²) in [5.41, 5.74) is -0.258. The SMILES string of the molecule is CN1C(=O)N(CC(=O)OCc2noc(-c3ccccc3Cl)n2)C(=O)C12CCCCC2. The summed E-state index contributed by atoms with van der Waals surface area (Å²) in [7, 11) is 1.62. The number of esters is 1. The number of carbonyl (C=O) groups is 3. The number of imide groups is 1. The number of aromatic nitrogens is 2. The van der Waals surface area contributed by atoms with Gasteiger partial charge in [-0.05, 0) is 25.0 Å². The van der Waals surface area contributed by atoms with E-state index in [2.05, 4.69) is 10.1 Å². The van der Waals surface area contributed by atoms with Crippen molar-refractivity contribution < 1.29 is 23.6 Å². The summed E-state index contributed by atoms with van der Waals surface area (Å²) in [6, 6.07) is 6.51. The number of carbonyl (C=O) groups excluding carboxylic acids is 3. The van der Waals surface area contributed by atoms with Crippen molar-refractivity contribution >= 4 is 29.5 Å². The molecule has 0 N–H and O–H groups in total. The third-order valence-corrected chi connectivity index (χ3v) is 6.04. The van der Waals surface area contributed by atoms with E-state index in [9.17, 15) is 14.4 Å². The molecule has 4 rings (SSSR count). The zero-order chi connectivity index (χ0) is 21.3. The number of ether oxygens (including phenoxy) is 1. The molecule has 0 bridgehead atoms. The summed E-state index contributed by atoms with van der Waals surface area (Å²) >= 11 is 6.10. The van der Waals surface area contributed by atoms with Gasteiger partial charge in [-0.15, -0.1) is 0 Å². The molecule has 1 aromatic carbocycles. The molecule has 2 fully saturated rings. The highest BCUT2D eigenvalue weighted by Crippen LogP contribution is 2.39. The lowest BCUT2D eigenvalue weighted by Crippen LogP contribution is -2.49. The summed E-state index contributed by atoms with van der Waals surface area (Å²) in [6.45, 7) is -0.692. The Morgan fingerprint density at radius 1 is 1.23 bits per heavy atom. The van der Waals surface area contributed by atoms with Crippen LogP contribution in [0.1, 0.15) is 37.9 Å². The van der Waals surface area contributed by atoms with E-state index in [1.165, 1.54) is 4.90 Å². The van der Waals surface area contributed by atoms with Crippen LogP contribution in [0.4, 0.5) is 4.79 Å². The molecule has 30 heavy (non-hydrogen) atoms. The van der Waals surface area contributed by atoms with E-state index < -0.39 is 24.1 Å². The smallest absolute Gasteiger partial charge is 0.327 e. The molecule has 1 aliphatic heterocycles. The quantitative estimate of drug-likeness (QED) is 0.528. The average molecular weight is 433 g/mol. The second kappa shape index (κ2) is 8.06. The number of nitrogens with zero attached hydrogens (tertiary/aromatic N) is 4. The van der Waals surface area contributed by atoms with Crippen LogP contribution in [0.25, 0.3) is 11.5 Å². The Bertz CT molecular complexity index is 985. The van der Waals surface area contributed by atoms with Crippen LogP contribution >= 0.6 is 11.6 Å². The molecule has 1 aliphatic carbocycles. The van der Waals surface area contributed by atoms with Crippen LogP contribution in [0.15, 0.2) is 28.8 Å². The van der Waals surface area contributed by atoms with Gasteiger partial charge in [0.25, 0.3) is 11.8 Å². The van der Waals surface area contributed by atoms with Gasteiger partial charge in [0.05, 0.1) is 10.6 Å². The fourth-order valence-corrected chi connectivity index (χ4v) is 4.26. The molecule has 2 aliphatic rings. The Kier molecular flexibility index (Phi) is 5.46. The van der Waals surface area contributed by atoms with Gasteiger partial charge in [0.15, 0.2) is 6.61 Å². The molecule has 9 nitrogen and oxygen atoms in total. The van der Waals surface area contributed by atoms with Crippen LogP contribution in [-0.4, -0.2) is 57.0 Å². The molecule has 2 heterocycles. The summed E-state index contributed by atoms with van der Waals surface area (Å²) in [5.74, 6) is -0.690. The highest BCUT2D eigenvalue weighted by Gasteiger charge is 2.55. The molecule has 0 atom stereocenters. The van der Waals surface area contributed by atoms with Gasteiger partial charge in [-0.2, -0.15) is 4.98 Å². The minimum Gasteiger partial charge on any atom is -0.456 e. The van der Waals surface area contributed by atoms with E-state index >= 15 is 0 Å². The second-order valence-electron chi connectivity index (χ2n) is 7.48. The molecule has 3 amide bonds. The predicted molar refractivity (Wildman–Crippen MR) is 105 cm³/mol. The van der Waals surface area contributed by atoms with Crippen LogP contribution in [0.3, 0.4) is 0 Å². The Morgan fingerprint density at radius 3 is 2.70 bits per heavy atom. The predicted octanol–water partition coefficient (Wildman–Crippen LogP) is 3.03. The number of likely N-dealkylation sites (N-methyl/N-ethyl adjacent to an activating group) is 1. The zero-order valence-electron chi connectivity index (χ0n) is 16.5. The van der Waals surface area contributed by atoms with E-state index in [4.69, 9.17) is 20.9 Å². The fraction of sp³-hybridized carbons (Fsp3) is 0.450. The molecule has 158 valence electrons. The van der Waals surface area contributed by atoms with Crippen molar-refractivity contribution in [2.24, 2.45) is 0 Å². The summed E-state index contributed by atoms with van der Waals surface area (Å²) in [5, 5.41) is 4.23. The minimum absolute atomic E-state index is 0.151. The summed E-state index contributed by atoms with van der Waals surface area (Å²) in [6.07, 6.45) is 4.04. The summed E-state index contributed by atoms with van der Waals surface area (Å²) < 4.78 is 10.3. The van der Waals surface area contributed by atoms with E-state index in [-0.39, 0.29) is 24.2 Å². The average Bonchev–Trinajstić information content (AvgIpc) is 3.29. The lowest BCUT2D eigenvalue weighted by Gasteiger charge is -2.35. The van der Waals surface area contributed by atoms with Crippen molar-refractivity contribution in [1.29, 1.82) is 0 Å². The first-order valence-electron chi connectivity index (χ1n) is 9.75. The standard InChI is InChI=1S/C20H21ClN4O5/c1-24-19(28)25(18(27)20(24)9-5-2-6-10-20)11-16(26)29-12-15-22-17(30-23-15)13-7-3-4-8-14(13)21/h3-4,7-8H,2,5-6,9-12H2,1H3. The molecule has 0 unspecified atom stereocenters. The fourth-order valence-electron chi connectivity index (χ4n) is 4.05. The molecule has 2 aromatic rings. The number of urea groups is 1. The van der Waals surface area contributed by atoms with E-state index in [0.717, 1.165) is 24.2 Å². The first-order valence-corrected chi connectivity index (χ1v) is 10.1. The Hall–Kier alpha value is -2.94. The van der Waals surface area contributed by atoms with Crippen molar-refractivity contribution in [2.75, 3.05) is 13.6 Å². The Morgan fingerprint density at radius 2 is 1.97 bits per heavy atom. The van der Waals surface area contributed by atoms with Gasteiger partial charge in [-0.3, -0.25) is 14.5 Å². The van der Waals surface area contributed by atoms with Crippen molar-refractivity contribution in [2.45, 2.75) is 44.2 Å². The normalized spacial score (nSPS) is 18.3. The van der Waals surface area contributed by atoms with Crippen LogP contribution in [0.5, 0.6) is 0 Å². The molecular weight excluding hydrogens is 412 g/mol. The van der Waals surface area contributed by atoms with Gasteiger partial charge in [0.1, 0.15) is 12.1 Å². The number of rotatable bonds is 5. The number of amides is 3. The molecular formula is C20H21ClN4O5. The van der Waals surface area contributed by atoms with Gasteiger partial charge in [-0.1, -0.05) is 48.2 Å². The maximum Gasteiger partial charge on any atom is 0.327 e. The van der Waals surface area contributed by atoms with E-state index in [1.54, 1.807) is 31.3 Å². The number of benzene rings is 1. The van der Waals surface area contributed by atoms with Gasteiger partial charge >= 0.3 is 12.0 Å². The molecule has 0 radical (unpaired) electrons. The maximum atomic E-state index is 12.9. The third kappa shape index (κ3) is 3.54. The minimum atomic E-state index is -0.826. The van der Waals surface area contributed by atoms with Gasteiger partial charge in [-0.25, -0.2) is 4.79 Å². The van der Waals surface area contributed by atoms with Crippen molar-refractivity contribution in [3.05, 3.63) is 35.1 Å². The molecule has 1 saturated heterocycles. The van der Waals surface area contributed by atoms with Crippen LogP contribution < -0.4 is 0 Å². The zero-order valence-corrected chi connectivity index (χ0v) is 17.2. The van der Waals surface area contributed by atoms with E-state index in [0.29, 0.717) is 23.4 Å². The van der Waals surface area contributed by atoms with Crippen LogP contribution in [0.2, 0.25) is 5.02 Å². The second-order valence-corrected chi connectivity index (χ2v) is 7.89. The van der Waals surface area contributed by atoms with Crippen molar-refractivity contribution in [1.82, 2.24) is 19.9 Å². The lowest BCUT2D eigenvalue weighted by molar-refractivity contribution is -0.149. The maximum absolute atomic E-state index is 12.9. The Labute approximate surface area is 177 Å². The largest absolute Gasteiger partial charge is 0.456 e. The highest BCUT2D eigenvalue weighted by atomic mass is 35.5. The number of hydrogen-bond acceptors (Lipinski definition) is 7. The molecule has 1 saturated carbocycles. The van der Waals surface area contributed by atoms with Gasteiger partial charge in [0.2, 0.25) is 5.82 Å². The third-order valence-electron chi connectivity index (χ3n) is 5.71. The van der Waals surface area contributed by atoms with Gasteiger partial charge in [0, 0.05) is 7.05 Å². The topological polar surface area (TPSA) is 106 Å². The van der Waals surface area contributed by atoms with Gasteiger partial charge < -0.3 is 14.2 Å². The van der Waals surface area contributed by atoms with Crippen molar-refractivity contribution in [3.8, 4) is 11.5 Å². The Balaban J connectivity index is 1.37. The van der Waals surface area contributed by atoms with Crippen LogP contribution in [-0.2, 0) is 20.9 Å². The van der Waals surface area contributed by atoms with Crippen molar-refractivity contribution in [3.63, 3.8) is 0 Å². The lowest BCUT2D eigenvalue weighted by atomic mass is 9.81. The number of halogens is 1. The molecule has 1 aromatic heterocycles. The summed E-state index contributed by atoms with van der Waals surface area (Å²) in [4.78, 5) is 44.3. The first-order chi connectivity index (χ1) is 14.4.